The van der Waals surface area contributed by atoms with Gasteiger partial charge in [-0.3, -0.25) is 4.79 Å². The molecule has 0 aliphatic heterocycles. The first-order chi connectivity index (χ1) is 14.3. The minimum atomic E-state index is -0.0852. The monoisotopic (exact) mass is 477 g/mol. The highest BCUT2D eigenvalue weighted by atomic mass is 79.9. The average Bonchev–Trinajstić information content (AvgIpc) is 2.72. The lowest BCUT2D eigenvalue weighted by Gasteiger charge is -2.13. The van der Waals surface area contributed by atoms with Crippen LogP contribution in [0.4, 0.5) is 0 Å². The Morgan fingerprint density at radius 2 is 1.73 bits per heavy atom. The zero-order valence-corrected chi connectivity index (χ0v) is 18.8. The number of halogens is 1. The van der Waals surface area contributed by atoms with Crippen LogP contribution in [0.2, 0.25) is 0 Å². The highest BCUT2D eigenvalue weighted by Crippen LogP contribution is 2.37. The molecule has 2 aromatic rings. The molecular weight excluding hydrogens is 450 g/mol. The molecular formula is C22H28BrN3O4. The number of hydrazone groups is 1. The second-order valence-electron chi connectivity index (χ2n) is 7.24. The van der Waals surface area contributed by atoms with E-state index in [4.69, 9.17) is 21.1 Å². The van der Waals surface area contributed by atoms with Gasteiger partial charge >= 0.3 is 0 Å². The Hall–Kier alpha value is -2.74. The highest BCUT2D eigenvalue weighted by molar-refractivity contribution is 9.10. The summed E-state index contributed by atoms with van der Waals surface area (Å²) in [6, 6.07) is 10.5. The molecule has 0 heterocycles. The maximum Gasteiger partial charge on any atom is 0.166 e. The van der Waals surface area contributed by atoms with Gasteiger partial charge in [0.2, 0.25) is 0 Å². The van der Waals surface area contributed by atoms with Gasteiger partial charge in [-0.05, 0) is 71.1 Å². The number of unbranched alkanes of at least 4 members (excludes halogenated alkanes) is 1. The van der Waals surface area contributed by atoms with Crippen LogP contribution in [0.15, 0.2) is 46.0 Å². The third-order valence-corrected chi connectivity index (χ3v) is 5.10. The van der Waals surface area contributed by atoms with Gasteiger partial charge in [-0.2, -0.15) is 5.10 Å². The number of nitrogens with two attached hydrogens (primary N) is 2. The molecule has 0 atom stereocenters. The molecule has 2 aromatic carbocycles. The van der Waals surface area contributed by atoms with Gasteiger partial charge in [-0.15, -0.1) is 0 Å². The van der Waals surface area contributed by atoms with E-state index in [0.29, 0.717) is 35.4 Å². The Morgan fingerprint density at radius 3 is 2.33 bits per heavy atom. The van der Waals surface area contributed by atoms with Crippen LogP contribution < -0.4 is 21.1 Å². The van der Waals surface area contributed by atoms with Gasteiger partial charge in [0.1, 0.15) is 27.6 Å². The lowest BCUT2D eigenvalue weighted by molar-refractivity contribution is 0.0965. The van der Waals surface area contributed by atoms with Crippen LogP contribution in [0.25, 0.3) is 0 Å². The van der Waals surface area contributed by atoms with Crippen LogP contribution in [0, 0.1) is 5.92 Å². The van der Waals surface area contributed by atoms with Gasteiger partial charge < -0.3 is 26.2 Å². The van der Waals surface area contributed by atoms with Gasteiger partial charge in [0.25, 0.3) is 0 Å². The quantitative estimate of drug-likeness (QED) is 0.111. The number of aromatic hydroxyl groups is 1. The number of benzene rings is 2. The fourth-order valence-electron chi connectivity index (χ4n) is 2.74. The van der Waals surface area contributed by atoms with E-state index in [1.807, 2.05) is 26.0 Å². The highest BCUT2D eigenvalue weighted by Gasteiger charge is 2.17. The summed E-state index contributed by atoms with van der Waals surface area (Å²) < 4.78 is 11.8. The Morgan fingerprint density at radius 1 is 1.10 bits per heavy atom. The number of Topliss-reactive ketones (excluding diaryl/α,β-unsaturated/α-hetero) is 1. The molecule has 0 saturated heterocycles. The van der Waals surface area contributed by atoms with E-state index >= 15 is 0 Å². The number of phenolic OH excluding ortho intramolecular Hbond substituents is 1. The molecule has 0 amide bonds. The molecule has 0 aliphatic rings. The van der Waals surface area contributed by atoms with Crippen molar-refractivity contribution in [3.8, 4) is 17.2 Å². The maximum absolute atomic E-state index is 12.2. The minimum absolute atomic E-state index is 0.0785. The van der Waals surface area contributed by atoms with Crippen LogP contribution in [-0.4, -0.2) is 29.9 Å². The zero-order chi connectivity index (χ0) is 22.1. The second-order valence-corrected chi connectivity index (χ2v) is 8.03. The largest absolute Gasteiger partial charge is 0.506 e. The lowest BCUT2D eigenvalue weighted by Crippen LogP contribution is -2.15. The van der Waals surface area contributed by atoms with Crippen molar-refractivity contribution in [2.75, 3.05) is 13.2 Å². The van der Waals surface area contributed by atoms with Crippen molar-refractivity contribution in [1.82, 2.24) is 0 Å². The Balaban J connectivity index is 1.76. The molecule has 0 unspecified atom stereocenters. The van der Waals surface area contributed by atoms with Gasteiger partial charge in [-0.1, -0.05) is 13.8 Å². The van der Waals surface area contributed by atoms with Gasteiger partial charge in [0.15, 0.2) is 5.78 Å². The number of nitrogens with zero attached hydrogens (tertiary/aromatic N) is 1. The molecule has 8 heteroatoms. The molecule has 0 saturated carbocycles. The topological polar surface area (TPSA) is 120 Å². The van der Waals surface area contributed by atoms with E-state index in [9.17, 15) is 9.90 Å². The van der Waals surface area contributed by atoms with Gasteiger partial charge in [-0.25, -0.2) is 0 Å². The molecule has 0 bridgehead atoms. The summed E-state index contributed by atoms with van der Waals surface area (Å²) in [7, 11) is 0. The van der Waals surface area contributed by atoms with E-state index in [2.05, 4.69) is 21.0 Å². The minimum Gasteiger partial charge on any atom is -0.506 e. The second kappa shape index (κ2) is 11.4. The Bertz CT molecular complexity index is 883. The molecule has 0 fully saturated rings. The first kappa shape index (κ1) is 23.5. The number of ketones is 1. The summed E-state index contributed by atoms with van der Waals surface area (Å²) in [4.78, 5) is 12.2. The molecule has 0 aliphatic carbocycles. The fourth-order valence-corrected chi connectivity index (χ4v) is 3.20. The summed E-state index contributed by atoms with van der Waals surface area (Å²) in [5.41, 5.74) is 6.69. The van der Waals surface area contributed by atoms with Crippen molar-refractivity contribution < 1.29 is 19.4 Å². The van der Waals surface area contributed by atoms with Crippen LogP contribution >= 0.6 is 15.9 Å². The molecule has 7 nitrogen and oxygen atoms in total. The van der Waals surface area contributed by atoms with E-state index in [1.165, 1.54) is 0 Å². The molecule has 0 radical (unpaired) electrons. The number of carbonyl (C=O) groups excluding carboxylic acids is 1. The van der Waals surface area contributed by atoms with Crippen molar-refractivity contribution in [3.05, 3.63) is 52.0 Å². The summed E-state index contributed by atoms with van der Waals surface area (Å²) in [5, 5.41) is 13.8. The van der Waals surface area contributed by atoms with Crippen molar-refractivity contribution >= 4 is 27.5 Å². The fraction of sp³-hybridized carbons (Fsp3) is 0.364. The van der Waals surface area contributed by atoms with Crippen molar-refractivity contribution in [2.45, 2.75) is 33.1 Å². The summed E-state index contributed by atoms with van der Waals surface area (Å²) in [6.45, 7) is 4.93. The first-order valence-electron chi connectivity index (χ1n) is 9.77. The van der Waals surface area contributed by atoms with Crippen molar-refractivity contribution in [1.29, 1.82) is 0 Å². The number of phenols is 1. The summed E-state index contributed by atoms with van der Waals surface area (Å²) in [5.74, 6) is 6.73. The number of rotatable bonds is 11. The third-order valence-electron chi connectivity index (χ3n) is 4.33. The molecule has 0 spiro atoms. The van der Waals surface area contributed by atoms with Gasteiger partial charge in [0.05, 0.1) is 18.8 Å². The summed E-state index contributed by atoms with van der Waals surface area (Å²) in [6.07, 6.45) is 1.95. The van der Waals surface area contributed by atoms with Crippen LogP contribution in [0.3, 0.4) is 0 Å². The average molecular weight is 478 g/mol. The number of carbonyl (C=O) groups is 1. The van der Waals surface area contributed by atoms with E-state index in [-0.39, 0.29) is 23.3 Å². The molecule has 162 valence electrons. The molecule has 5 N–H and O–H groups in total. The van der Waals surface area contributed by atoms with E-state index in [1.54, 1.807) is 24.3 Å². The number of amidine groups is 1. The standard InChI is InChI=1S/C22H28BrN3O4/c1-14(2)13-18(27)17-9-10-19(20(23)21(17)28)30-12-4-3-11-29-16-7-5-15(6-8-16)22(24)26-25/h5-10,14,28H,3-4,11-13,25H2,1-2H3,(H2,24,26). The van der Waals surface area contributed by atoms with Gasteiger partial charge in [0, 0.05) is 12.0 Å². The Kier molecular flexibility index (Phi) is 8.98. The van der Waals surface area contributed by atoms with Crippen molar-refractivity contribution in [2.24, 2.45) is 22.6 Å². The molecule has 0 aromatic heterocycles. The Labute approximate surface area is 185 Å². The number of hydrogen-bond acceptors (Lipinski definition) is 6. The van der Waals surface area contributed by atoms with Crippen molar-refractivity contribution in [3.63, 3.8) is 0 Å². The number of ether oxygens (including phenoxy) is 2. The predicted octanol–water partition coefficient (Wildman–Crippen LogP) is 4.20. The first-order valence-corrected chi connectivity index (χ1v) is 10.6. The smallest absolute Gasteiger partial charge is 0.166 e. The number of hydrogen-bond donors (Lipinski definition) is 3. The normalized spacial score (nSPS) is 11.5. The van der Waals surface area contributed by atoms with Crippen LogP contribution in [0.5, 0.6) is 17.2 Å². The van der Waals surface area contributed by atoms with Crippen LogP contribution in [0.1, 0.15) is 49.0 Å². The maximum atomic E-state index is 12.2. The van der Waals surface area contributed by atoms with E-state index < -0.39 is 0 Å². The SMILES string of the molecule is CC(C)CC(=O)c1ccc(OCCCCOc2ccc(/C(N)=N/N)cc2)c(Br)c1O. The lowest BCUT2D eigenvalue weighted by atomic mass is 10.0. The zero-order valence-electron chi connectivity index (χ0n) is 17.2. The van der Waals surface area contributed by atoms with Crippen LogP contribution in [-0.2, 0) is 0 Å². The molecule has 30 heavy (non-hydrogen) atoms. The predicted molar refractivity (Wildman–Crippen MR) is 121 cm³/mol. The third kappa shape index (κ3) is 6.66. The summed E-state index contributed by atoms with van der Waals surface area (Å²) >= 11 is 3.32. The van der Waals surface area contributed by atoms with E-state index in [0.717, 1.165) is 24.2 Å². The molecule has 2 rings (SSSR count).